The number of allylic oxidation sites excluding steroid dienone is 2. The lowest BCUT2D eigenvalue weighted by molar-refractivity contribution is 0.126. The van der Waals surface area contributed by atoms with E-state index in [0.717, 1.165) is 48.3 Å². The lowest BCUT2D eigenvalue weighted by Gasteiger charge is -2.24. The number of aromatic nitrogens is 4. The van der Waals surface area contributed by atoms with E-state index in [-0.39, 0.29) is 0 Å². The van der Waals surface area contributed by atoms with Gasteiger partial charge in [-0.1, -0.05) is 91.9 Å². The fourth-order valence-corrected chi connectivity index (χ4v) is 4.16. The minimum absolute atomic E-state index is 0.596. The SMILES string of the molecule is CCC=CC1=CN(CCc2ccccc2)NN1Cc1ccc(-c2ccccc2-c2nn[nH]n2)cc1. The molecule has 2 N–H and O–H groups in total. The van der Waals surface area contributed by atoms with Crippen molar-refractivity contribution >= 4 is 0 Å². The molecule has 3 aromatic carbocycles. The zero-order chi connectivity index (χ0) is 23.9. The molecule has 176 valence electrons. The van der Waals surface area contributed by atoms with Crippen LogP contribution in [0.2, 0.25) is 0 Å². The molecule has 0 unspecified atom stereocenters. The zero-order valence-electron chi connectivity index (χ0n) is 19.8. The number of hydrazine groups is 2. The molecule has 0 fully saturated rings. The van der Waals surface area contributed by atoms with Crippen LogP contribution in [-0.2, 0) is 13.0 Å². The van der Waals surface area contributed by atoms with Gasteiger partial charge in [0.05, 0.1) is 12.2 Å². The number of rotatable bonds is 9. The second-order valence-corrected chi connectivity index (χ2v) is 8.46. The Morgan fingerprint density at radius 3 is 2.37 bits per heavy atom. The first-order chi connectivity index (χ1) is 17.3. The Hall–Kier alpha value is -4.23. The molecule has 7 nitrogen and oxygen atoms in total. The van der Waals surface area contributed by atoms with Gasteiger partial charge in [-0.25, -0.2) is 0 Å². The van der Waals surface area contributed by atoms with Gasteiger partial charge in [-0.15, -0.1) is 15.7 Å². The molecule has 1 aliphatic heterocycles. The van der Waals surface area contributed by atoms with Crippen LogP contribution < -0.4 is 5.53 Å². The van der Waals surface area contributed by atoms with Crippen molar-refractivity contribution in [2.45, 2.75) is 26.3 Å². The Kier molecular flexibility index (Phi) is 6.96. The van der Waals surface area contributed by atoms with Gasteiger partial charge in [0.15, 0.2) is 0 Å². The Labute approximate surface area is 205 Å². The molecule has 0 radical (unpaired) electrons. The van der Waals surface area contributed by atoms with Crippen molar-refractivity contribution in [3.63, 3.8) is 0 Å². The highest BCUT2D eigenvalue weighted by atomic mass is 15.8. The molecule has 35 heavy (non-hydrogen) atoms. The molecule has 0 aliphatic carbocycles. The maximum atomic E-state index is 4.15. The number of aromatic amines is 1. The van der Waals surface area contributed by atoms with Gasteiger partial charge in [0.2, 0.25) is 5.82 Å². The van der Waals surface area contributed by atoms with E-state index in [1.165, 1.54) is 11.1 Å². The van der Waals surface area contributed by atoms with Crippen LogP contribution in [0.4, 0.5) is 0 Å². The minimum atomic E-state index is 0.596. The second-order valence-electron chi connectivity index (χ2n) is 8.46. The Morgan fingerprint density at radius 2 is 1.63 bits per heavy atom. The Bertz CT molecular complexity index is 1280. The fourth-order valence-electron chi connectivity index (χ4n) is 4.16. The van der Waals surface area contributed by atoms with E-state index >= 15 is 0 Å². The highest BCUT2D eigenvalue weighted by Gasteiger charge is 2.19. The number of nitrogens with one attached hydrogen (secondary N) is 2. The van der Waals surface area contributed by atoms with E-state index in [0.29, 0.717) is 5.82 Å². The van der Waals surface area contributed by atoms with Crippen molar-refractivity contribution in [2.75, 3.05) is 6.54 Å². The van der Waals surface area contributed by atoms with Gasteiger partial charge in [-0.3, -0.25) is 10.0 Å². The number of tetrazole rings is 1. The maximum absolute atomic E-state index is 4.15. The van der Waals surface area contributed by atoms with Crippen molar-refractivity contribution in [1.29, 1.82) is 0 Å². The van der Waals surface area contributed by atoms with Gasteiger partial charge in [0, 0.05) is 18.3 Å². The molecule has 0 spiro atoms. The molecule has 1 aliphatic rings. The lowest BCUT2D eigenvalue weighted by Crippen LogP contribution is -2.40. The molecule has 0 amide bonds. The molecule has 0 saturated heterocycles. The first kappa shape index (κ1) is 22.6. The summed E-state index contributed by atoms with van der Waals surface area (Å²) >= 11 is 0. The van der Waals surface area contributed by atoms with Crippen LogP contribution >= 0.6 is 0 Å². The van der Waals surface area contributed by atoms with Crippen LogP contribution in [0.1, 0.15) is 24.5 Å². The van der Waals surface area contributed by atoms with Gasteiger partial charge in [-0.05, 0) is 46.4 Å². The van der Waals surface area contributed by atoms with Gasteiger partial charge < -0.3 is 0 Å². The minimum Gasteiger partial charge on any atom is -0.296 e. The van der Waals surface area contributed by atoms with E-state index in [1.54, 1.807) is 0 Å². The van der Waals surface area contributed by atoms with Crippen LogP contribution in [0.15, 0.2) is 103 Å². The molecule has 7 heteroatoms. The topological polar surface area (TPSA) is 73.0 Å². The van der Waals surface area contributed by atoms with E-state index in [2.05, 4.69) is 122 Å². The van der Waals surface area contributed by atoms with Crippen molar-refractivity contribution in [2.24, 2.45) is 0 Å². The summed E-state index contributed by atoms with van der Waals surface area (Å²) in [5.74, 6) is 0.596. The number of benzene rings is 3. The Balaban J connectivity index is 1.29. The summed E-state index contributed by atoms with van der Waals surface area (Å²) in [6, 6.07) is 27.4. The summed E-state index contributed by atoms with van der Waals surface area (Å²) in [7, 11) is 0. The normalized spacial score (nSPS) is 13.6. The zero-order valence-corrected chi connectivity index (χ0v) is 19.8. The molecular formula is C28H29N7. The van der Waals surface area contributed by atoms with E-state index in [9.17, 15) is 0 Å². The summed E-state index contributed by atoms with van der Waals surface area (Å²) in [6.45, 7) is 3.81. The van der Waals surface area contributed by atoms with Crippen LogP contribution in [0.25, 0.3) is 22.5 Å². The average molecular weight is 464 g/mol. The van der Waals surface area contributed by atoms with Crippen molar-refractivity contribution < 1.29 is 0 Å². The van der Waals surface area contributed by atoms with Gasteiger partial charge in [0.1, 0.15) is 0 Å². The third-order valence-corrected chi connectivity index (χ3v) is 5.98. The Morgan fingerprint density at radius 1 is 0.857 bits per heavy atom. The predicted molar refractivity (Wildman–Crippen MR) is 138 cm³/mol. The predicted octanol–water partition coefficient (Wildman–Crippen LogP) is 5.12. The molecule has 5 rings (SSSR count). The van der Waals surface area contributed by atoms with Gasteiger partial charge in [0.25, 0.3) is 0 Å². The standard InChI is InChI=1S/C28H29N7/c1-2-3-11-25-21-34(19-18-22-9-5-4-6-10-22)33-35(25)20-23-14-16-24(17-15-23)26-12-7-8-13-27(26)28-29-31-32-30-28/h3-17,21,33H,2,18-20H2,1H3,(H,29,30,31,32). The summed E-state index contributed by atoms with van der Waals surface area (Å²) in [4.78, 5) is 0. The highest BCUT2D eigenvalue weighted by molar-refractivity contribution is 5.80. The number of hydrogen-bond donors (Lipinski definition) is 2. The van der Waals surface area contributed by atoms with Crippen molar-refractivity contribution in [3.8, 4) is 22.5 Å². The third kappa shape index (κ3) is 5.47. The van der Waals surface area contributed by atoms with Crippen molar-refractivity contribution in [3.05, 3.63) is 114 Å². The van der Waals surface area contributed by atoms with E-state index in [4.69, 9.17) is 0 Å². The molecule has 2 heterocycles. The number of H-pyrrole nitrogens is 1. The van der Waals surface area contributed by atoms with Gasteiger partial charge >= 0.3 is 0 Å². The number of nitrogens with zero attached hydrogens (tertiary/aromatic N) is 5. The van der Waals surface area contributed by atoms with E-state index < -0.39 is 0 Å². The molecular weight excluding hydrogens is 434 g/mol. The first-order valence-corrected chi connectivity index (χ1v) is 11.9. The monoisotopic (exact) mass is 463 g/mol. The molecule has 4 aromatic rings. The smallest absolute Gasteiger partial charge is 0.205 e. The second kappa shape index (κ2) is 10.8. The summed E-state index contributed by atoms with van der Waals surface area (Å²) < 4.78 is 0. The highest BCUT2D eigenvalue weighted by Crippen LogP contribution is 2.30. The third-order valence-electron chi connectivity index (χ3n) is 5.98. The van der Waals surface area contributed by atoms with Crippen LogP contribution in [0.5, 0.6) is 0 Å². The van der Waals surface area contributed by atoms with Crippen LogP contribution in [0, 0.1) is 0 Å². The average Bonchev–Trinajstić information content (AvgIpc) is 3.58. The lowest BCUT2D eigenvalue weighted by atomic mass is 9.98. The quantitative estimate of drug-likeness (QED) is 0.359. The summed E-state index contributed by atoms with van der Waals surface area (Å²) in [6.07, 6.45) is 8.55. The van der Waals surface area contributed by atoms with E-state index in [1.807, 2.05) is 18.2 Å². The van der Waals surface area contributed by atoms with Crippen LogP contribution in [-0.4, -0.2) is 37.2 Å². The van der Waals surface area contributed by atoms with Gasteiger partial charge in [-0.2, -0.15) is 5.21 Å². The van der Waals surface area contributed by atoms with Crippen molar-refractivity contribution in [1.82, 2.24) is 36.2 Å². The molecule has 0 saturated carbocycles. The molecule has 1 aromatic heterocycles. The fraction of sp³-hybridized carbons (Fsp3) is 0.179. The number of hydrogen-bond acceptors (Lipinski definition) is 6. The summed E-state index contributed by atoms with van der Waals surface area (Å²) in [5.41, 5.74) is 10.4. The largest absolute Gasteiger partial charge is 0.296 e. The first-order valence-electron chi connectivity index (χ1n) is 11.9. The molecule has 0 atom stereocenters. The maximum Gasteiger partial charge on any atom is 0.205 e. The molecule has 0 bridgehead atoms. The summed E-state index contributed by atoms with van der Waals surface area (Å²) in [5, 5.41) is 18.9. The van der Waals surface area contributed by atoms with Crippen LogP contribution in [0.3, 0.4) is 0 Å².